The van der Waals surface area contributed by atoms with Crippen LogP contribution in [-0.2, 0) is 0 Å². The standard InChI is InChI=1S/C13H18ClN3O2/c1-15(2)11-4-3-7-16(9-11)13-6-5-10(17(18)19)8-12(13)14/h5-6,8,11H,3-4,7,9H2,1-2H3. The number of non-ortho nitro benzene ring substituents is 1. The van der Waals surface area contributed by atoms with Crippen molar-refractivity contribution in [3.63, 3.8) is 0 Å². The summed E-state index contributed by atoms with van der Waals surface area (Å²) in [7, 11) is 4.15. The van der Waals surface area contributed by atoms with Crippen LogP contribution in [0.2, 0.25) is 5.02 Å². The summed E-state index contributed by atoms with van der Waals surface area (Å²) < 4.78 is 0. The molecule has 0 spiro atoms. The lowest BCUT2D eigenvalue weighted by Gasteiger charge is -2.37. The van der Waals surface area contributed by atoms with Crippen molar-refractivity contribution in [1.82, 2.24) is 4.90 Å². The highest BCUT2D eigenvalue weighted by Gasteiger charge is 2.23. The quantitative estimate of drug-likeness (QED) is 0.632. The molecule has 0 saturated carbocycles. The van der Waals surface area contributed by atoms with Gasteiger partial charge in [-0.05, 0) is 33.0 Å². The molecule has 0 N–H and O–H groups in total. The highest BCUT2D eigenvalue weighted by molar-refractivity contribution is 6.33. The minimum atomic E-state index is -0.422. The molecule has 19 heavy (non-hydrogen) atoms. The van der Waals surface area contributed by atoms with Gasteiger partial charge in [0.1, 0.15) is 0 Å². The monoisotopic (exact) mass is 283 g/mol. The fourth-order valence-corrected chi connectivity index (χ4v) is 2.76. The number of nitro benzene ring substituents is 1. The van der Waals surface area contributed by atoms with Gasteiger partial charge in [0.15, 0.2) is 0 Å². The number of nitro groups is 1. The van der Waals surface area contributed by atoms with Crippen molar-refractivity contribution >= 4 is 23.0 Å². The maximum atomic E-state index is 10.7. The first kappa shape index (κ1) is 14.1. The highest BCUT2D eigenvalue weighted by atomic mass is 35.5. The van der Waals surface area contributed by atoms with Crippen molar-refractivity contribution in [2.45, 2.75) is 18.9 Å². The average Bonchev–Trinajstić information content (AvgIpc) is 2.38. The number of hydrogen-bond acceptors (Lipinski definition) is 4. The molecule has 1 aliphatic rings. The molecule has 0 radical (unpaired) electrons. The molecular formula is C13H18ClN3O2. The molecule has 0 aliphatic carbocycles. The third kappa shape index (κ3) is 3.16. The van der Waals surface area contributed by atoms with Gasteiger partial charge in [-0.3, -0.25) is 10.1 Å². The van der Waals surface area contributed by atoms with Crippen LogP contribution in [0, 0.1) is 10.1 Å². The van der Waals surface area contributed by atoms with E-state index in [-0.39, 0.29) is 5.69 Å². The zero-order valence-electron chi connectivity index (χ0n) is 11.2. The van der Waals surface area contributed by atoms with Crippen LogP contribution in [0.3, 0.4) is 0 Å². The van der Waals surface area contributed by atoms with Crippen LogP contribution in [0.1, 0.15) is 12.8 Å². The number of nitrogens with zero attached hydrogens (tertiary/aromatic N) is 3. The van der Waals surface area contributed by atoms with Gasteiger partial charge in [-0.25, -0.2) is 0 Å². The van der Waals surface area contributed by atoms with Gasteiger partial charge in [-0.1, -0.05) is 11.6 Å². The number of likely N-dealkylation sites (N-methyl/N-ethyl adjacent to an activating group) is 1. The van der Waals surface area contributed by atoms with E-state index in [0.717, 1.165) is 25.2 Å². The molecule has 1 fully saturated rings. The van der Waals surface area contributed by atoms with Gasteiger partial charge < -0.3 is 9.80 Å². The Morgan fingerprint density at radius 2 is 2.21 bits per heavy atom. The maximum Gasteiger partial charge on any atom is 0.271 e. The zero-order valence-corrected chi connectivity index (χ0v) is 11.9. The van der Waals surface area contributed by atoms with Gasteiger partial charge in [0, 0.05) is 31.3 Å². The van der Waals surface area contributed by atoms with Crippen LogP contribution in [-0.4, -0.2) is 43.0 Å². The molecule has 1 heterocycles. The molecule has 1 atom stereocenters. The number of benzene rings is 1. The zero-order chi connectivity index (χ0) is 14.0. The van der Waals surface area contributed by atoms with Crippen LogP contribution < -0.4 is 4.90 Å². The van der Waals surface area contributed by atoms with Crippen molar-refractivity contribution in [2.24, 2.45) is 0 Å². The molecule has 0 aromatic heterocycles. The van der Waals surface area contributed by atoms with Gasteiger partial charge >= 0.3 is 0 Å². The fourth-order valence-electron chi connectivity index (χ4n) is 2.46. The van der Waals surface area contributed by atoms with E-state index in [1.165, 1.54) is 18.6 Å². The third-order valence-electron chi connectivity index (χ3n) is 3.61. The van der Waals surface area contributed by atoms with E-state index >= 15 is 0 Å². The molecule has 5 nitrogen and oxygen atoms in total. The van der Waals surface area contributed by atoms with Crippen LogP contribution in [0.4, 0.5) is 11.4 Å². The minimum absolute atomic E-state index is 0.0370. The Bertz CT molecular complexity index is 479. The van der Waals surface area contributed by atoms with Crippen molar-refractivity contribution in [2.75, 3.05) is 32.1 Å². The van der Waals surface area contributed by atoms with Gasteiger partial charge in [0.05, 0.1) is 15.6 Å². The summed E-state index contributed by atoms with van der Waals surface area (Å²) in [5, 5.41) is 11.2. The number of halogens is 1. The van der Waals surface area contributed by atoms with E-state index in [9.17, 15) is 10.1 Å². The molecular weight excluding hydrogens is 266 g/mol. The first-order valence-electron chi connectivity index (χ1n) is 6.34. The Kier molecular flexibility index (Phi) is 4.27. The molecule has 0 amide bonds. The van der Waals surface area contributed by atoms with Crippen molar-refractivity contribution in [3.8, 4) is 0 Å². The minimum Gasteiger partial charge on any atom is -0.369 e. The van der Waals surface area contributed by atoms with Gasteiger partial charge in [0.2, 0.25) is 0 Å². The third-order valence-corrected chi connectivity index (χ3v) is 3.91. The summed E-state index contributed by atoms with van der Waals surface area (Å²) in [6.45, 7) is 1.85. The Morgan fingerprint density at radius 3 is 2.79 bits per heavy atom. The summed E-state index contributed by atoms with van der Waals surface area (Å²) >= 11 is 6.17. The Labute approximate surface area is 117 Å². The van der Waals surface area contributed by atoms with E-state index in [1.807, 2.05) is 0 Å². The number of rotatable bonds is 3. The predicted molar refractivity (Wildman–Crippen MR) is 77.0 cm³/mol. The number of hydrogen-bond donors (Lipinski definition) is 0. The topological polar surface area (TPSA) is 49.6 Å². The molecule has 1 saturated heterocycles. The lowest BCUT2D eigenvalue weighted by molar-refractivity contribution is -0.384. The Morgan fingerprint density at radius 1 is 1.47 bits per heavy atom. The largest absolute Gasteiger partial charge is 0.369 e. The summed E-state index contributed by atoms with van der Waals surface area (Å²) in [6, 6.07) is 5.19. The lowest BCUT2D eigenvalue weighted by atomic mass is 10.0. The highest BCUT2D eigenvalue weighted by Crippen LogP contribution is 2.31. The second-order valence-electron chi connectivity index (χ2n) is 5.10. The van der Waals surface area contributed by atoms with Crippen molar-refractivity contribution in [1.29, 1.82) is 0 Å². The Balaban J connectivity index is 2.19. The number of piperidine rings is 1. The van der Waals surface area contributed by atoms with Crippen molar-refractivity contribution < 1.29 is 4.92 Å². The van der Waals surface area contributed by atoms with Crippen molar-refractivity contribution in [3.05, 3.63) is 33.3 Å². The van der Waals surface area contributed by atoms with Gasteiger partial charge in [0.25, 0.3) is 5.69 Å². The molecule has 1 aromatic rings. The van der Waals surface area contributed by atoms with Crippen LogP contribution in [0.25, 0.3) is 0 Å². The smallest absolute Gasteiger partial charge is 0.271 e. The van der Waals surface area contributed by atoms with E-state index in [0.29, 0.717) is 11.1 Å². The second-order valence-corrected chi connectivity index (χ2v) is 5.51. The van der Waals surface area contributed by atoms with Crippen LogP contribution >= 0.6 is 11.6 Å². The Hall–Kier alpha value is -1.33. The lowest BCUT2D eigenvalue weighted by Crippen LogP contribution is -2.45. The second kappa shape index (κ2) is 5.75. The van der Waals surface area contributed by atoms with E-state index in [2.05, 4.69) is 23.9 Å². The number of anilines is 1. The summed E-state index contributed by atoms with van der Waals surface area (Å²) in [5.74, 6) is 0. The molecule has 0 bridgehead atoms. The molecule has 1 unspecified atom stereocenters. The average molecular weight is 284 g/mol. The molecule has 2 rings (SSSR count). The van der Waals surface area contributed by atoms with Gasteiger partial charge in [-0.15, -0.1) is 0 Å². The van der Waals surface area contributed by atoms with Crippen LogP contribution in [0.5, 0.6) is 0 Å². The predicted octanol–water partition coefficient (Wildman–Crippen LogP) is 2.78. The molecule has 1 aromatic carbocycles. The van der Waals surface area contributed by atoms with E-state index in [1.54, 1.807) is 6.07 Å². The van der Waals surface area contributed by atoms with E-state index in [4.69, 9.17) is 11.6 Å². The molecule has 1 aliphatic heterocycles. The van der Waals surface area contributed by atoms with Crippen LogP contribution in [0.15, 0.2) is 18.2 Å². The first-order chi connectivity index (χ1) is 8.99. The summed E-state index contributed by atoms with van der Waals surface area (Å²) in [6.07, 6.45) is 2.28. The molecule has 6 heteroatoms. The normalized spacial score (nSPS) is 19.8. The first-order valence-corrected chi connectivity index (χ1v) is 6.72. The maximum absolute atomic E-state index is 10.7. The van der Waals surface area contributed by atoms with Gasteiger partial charge in [-0.2, -0.15) is 0 Å². The SMILES string of the molecule is CN(C)C1CCCN(c2ccc([N+](=O)[O-])cc2Cl)C1. The summed E-state index contributed by atoms with van der Waals surface area (Å²) in [4.78, 5) is 14.7. The fraction of sp³-hybridized carbons (Fsp3) is 0.538. The molecule has 104 valence electrons. The summed E-state index contributed by atoms with van der Waals surface area (Å²) in [5.41, 5.74) is 0.925. The van der Waals surface area contributed by atoms with E-state index < -0.39 is 4.92 Å².